The Balaban J connectivity index is 4.89. The van der Waals surface area contributed by atoms with Gasteiger partial charge < -0.3 is 37.6 Å². The highest BCUT2D eigenvalue weighted by Gasteiger charge is 2.29. The van der Waals surface area contributed by atoms with Crippen molar-refractivity contribution in [3.63, 3.8) is 0 Å². The molecule has 0 bridgehead atoms. The van der Waals surface area contributed by atoms with E-state index in [4.69, 9.17) is 11.5 Å². The van der Waals surface area contributed by atoms with Gasteiger partial charge in [0.25, 0.3) is 0 Å². The van der Waals surface area contributed by atoms with Gasteiger partial charge >= 0.3 is 5.97 Å². The number of aliphatic hydroxyl groups excluding tert-OH is 1. The number of carboxylic acids is 1. The van der Waals surface area contributed by atoms with Gasteiger partial charge in [0.2, 0.25) is 17.7 Å². The summed E-state index contributed by atoms with van der Waals surface area (Å²) in [6.45, 7) is -0.376. The molecule has 0 radical (unpaired) electrons. The molecule has 0 aromatic rings. The number of carbonyl (C=O) groups is 4. The summed E-state index contributed by atoms with van der Waals surface area (Å²) in [7, 11) is 0. The van der Waals surface area contributed by atoms with Crippen molar-refractivity contribution in [1.82, 2.24) is 16.0 Å². The third kappa shape index (κ3) is 9.59. The molecule has 9 N–H and O–H groups in total. The van der Waals surface area contributed by atoms with Crippen LogP contribution in [0.1, 0.15) is 19.3 Å². The summed E-state index contributed by atoms with van der Waals surface area (Å²) in [6.07, 6.45) is 1.24. The minimum absolute atomic E-state index is 0.0646. The zero-order valence-corrected chi connectivity index (χ0v) is 17.1. The fourth-order valence-corrected chi connectivity index (χ4v) is 2.47. The van der Waals surface area contributed by atoms with Crippen LogP contribution in [0.5, 0.6) is 0 Å². The predicted octanol–water partition coefficient (Wildman–Crippen LogP) is -3.17. The molecule has 0 aromatic carbocycles. The second-order valence-corrected chi connectivity index (χ2v) is 6.69. The number of carboxylic acid groups (broad SMARTS) is 1. The maximum Gasteiger partial charge on any atom is 0.326 e. The normalized spacial score (nSPS) is 15.0. The summed E-state index contributed by atoms with van der Waals surface area (Å²) < 4.78 is 0. The average Bonchev–Trinajstić information content (AvgIpc) is 2.67. The van der Waals surface area contributed by atoms with Crippen molar-refractivity contribution >= 4 is 48.9 Å². The number of nitrogens with two attached hydrogens (primary N) is 2. The van der Waals surface area contributed by atoms with Crippen LogP contribution < -0.4 is 27.4 Å². The lowest BCUT2D eigenvalue weighted by atomic mass is 10.1. The van der Waals surface area contributed by atoms with Gasteiger partial charge in [-0.2, -0.15) is 25.3 Å². The Hall–Kier alpha value is -1.54. The van der Waals surface area contributed by atoms with Crippen LogP contribution in [0.4, 0.5) is 0 Å². The van der Waals surface area contributed by atoms with E-state index in [1.54, 1.807) is 0 Å². The Morgan fingerprint density at radius 3 is 1.86 bits per heavy atom. The molecule has 4 unspecified atom stereocenters. The molecule has 11 nitrogen and oxygen atoms in total. The van der Waals surface area contributed by atoms with Crippen molar-refractivity contribution in [3.8, 4) is 0 Å². The summed E-state index contributed by atoms with van der Waals surface area (Å²) >= 11 is 7.86. The molecular weight excluding hydrogens is 410 g/mol. The third-order valence-electron chi connectivity index (χ3n) is 3.73. The molecule has 4 atom stereocenters. The number of nitrogens with one attached hydrogen (secondary N) is 3. The number of amides is 3. The molecular formula is C15H29N5O6S2. The molecule has 0 rings (SSSR count). The van der Waals surface area contributed by atoms with Crippen LogP contribution in [0, 0.1) is 0 Å². The molecule has 0 saturated heterocycles. The highest BCUT2D eigenvalue weighted by molar-refractivity contribution is 7.80. The van der Waals surface area contributed by atoms with Crippen LogP contribution in [-0.2, 0) is 19.2 Å². The highest BCUT2D eigenvalue weighted by atomic mass is 32.1. The SMILES string of the molecule is NCCCCC(NC(=O)C(CO)NC(=O)C(CS)NC(=O)C(N)CS)C(=O)O. The lowest BCUT2D eigenvalue weighted by molar-refractivity contribution is -0.142. The van der Waals surface area contributed by atoms with Crippen LogP contribution in [0.25, 0.3) is 0 Å². The Kier molecular flexibility index (Phi) is 13.7. The van der Waals surface area contributed by atoms with E-state index in [0.29, 0.717) is 19.4 Å². The van der Waals surface area contributed by atoms with Gasteiger partial charge in [0.15, 0.2) is 0 Å². The Labute approximate surface area is 174 Å². The van der Waals surface area contributed by atoms with Crippen LogP contribution in [0.3, 0.4) is 0 Å². The van der Waals surface area contributed by atoms with E-state index < -0.39 is 54.5 Å². The van der Waals surface area contributed by atoms with E-state index in [1.807, 2.05) is 0 Å². The largest absolute Gasteiger partial charge is 0.480 e. The number of thiol groups is 2. The number of carbonyl (C=O) groups excluding carboxylic acids is 3. The Morgan fingerprint density at radius 1 is 0.857 bits per heavy atom. The molecule has 13 heteroatoms. The number of aliphatic hydroxyl groups is 1. The lowest BCUT2D eigenvalue weighted by Gasteiger charge is -2.23. The van der Waals surface area contributed by atoms with Gasteiger partial charge in [-0.3, -0.25) is 14.4 Å². The molecule has 0 fully saturated rings. The molecule has 0 aliphatic carbocycles. The first-order valence-corrected chi connectivity index (χ1v) is 9.90. The highest BCUT2D eigenvalue weighted by Crippen LogP contribution is 2.02. The zero-order chi connectivity index (χ0) is 21.7. The van der Waals surface area contributed by atoms with Gasteiger partial charge in [0, 0.05) is 11.5 Å². The Morgan fingerprint density at radius 2 is 1.39 bits per heavy atom. The summed E-state index contributed by atoms with van der Waals surface area (Å²) in [4.78, 5) is 47.5. The van der Waals surface area contributed by atoms with E-state index in [2.05, 4.69) is 41.2 Å². The van der Waals surface area contributed by atoms with Crippen molar-refractivity contribution in [2.45, 2.75) is 43.4 Å². The van der Waals surface area contributed by atoms with Crippen LogP contribution in [-0.4, -0.2) is 82.7 Å². The standard InChI is InChI=1S/C15H29N5O6S2/c16-4-2-1-3-9(15(25)26)18-13(23)10(5-21)19-14(24)11(7-28)20-12(22)8(17)6-27/h8-11,21,27-28H,1-7,16-17H2,(H,18,23)(H,19,24)(H,20,22)(H,25,26). The number of unbranched alkanes of at least 4 members (excludes halogenated alkanes) is 1. The van der Waals surface area contributed by atoms with E-state index in [1.165, 1.54) is 0 Å². The second-order valence-electron chi connectivity index (χ2n) is 5.96. The van der Waals surface area contributed by atoms with Crippen LogP contribution in [0.2, 0.25) is 0 Å². The summed E-state index contributed by atoms with van der Waals surface area (Å²) in [5.41, 5.74) is 10.9. The van der Waals surface area contributed by atoms with Gasteiger partial charge in [-0.25, -0.2) is 4.79 Å². The van der Waals surface area contributed by atoms with E-state index in [-0.39, 0.29) is 17.9 Å². The minimum atomic E-state index is -1.40. The average molecular weight is 440 g/mol. The quantitative estimate of drug-likeness (QED) is 0.0997. The van der Waals surface area contributed by atoms with Gasteiger partial charge in [-0.1, -0.05) is 0 Å². The third-order valence-corrected chi connectivity index (χ3v) is 4.48. The summed E-state index contributed by atoms with van der Waals surface area (Å²) in [5.74, 6) is -3.54. The lowest BCUT2D eigenvalue weighted by Crippen LogP contribution is -2.58. The molecule has 3 amide bonds. The maximum atomic E-state index is 12.3. The maximum absolute atomic E-state index is 12.3. The van der Waals surface area contributed by atoms with Crippen molar-refractivity contribution in [1.29, 1.82) is 0 Å². The van der Waals surface area contributed by atoms with Crippen molar-refractivity contribution < 1.29 is 29.4 Å². The van der Waals surface area contributed by atoms with Crippen LogP contribution in [0.15, 0.2) is 0 Å². The van der Waals surface area contributed by atoms with Crippen LogP contribution >= 0.6 is 25.3 Å². The minimum Gasteiger partial charge on any atom is -0.480 e. The van der Waals surface area contributed by atoms with Crippen molar-refractivity contribution in [3.05, 3.63) is 0 Å². The smallest absolute Gasteiger partial charge is 0.326 e. The van der Waals surface area contributed by atoms with Crippen molar-refractivity contribution in [2.24, 2.45) is 11.5 Å². The van der Waals surface area contributed by atoms with E-state index in [0.717, 1.165) is 0 Å². The molecule has 0 saturated carbocycles. The molecule has 0 aromatic heterocycles. The number of aliphatic carboxylic acids is 1. The summed E-state index contributed by atoms with van der Waals surface area (Å²) in [6, 6.07) is -4.62. The first kappa shape index (κ1) is 26.5. The first-order chi connectivity index (χ1) is 13.2. The van der Waals surface area contributed by atoms with E-state index >= 15 is 0 Å². The molecule has 28 heavy (non-hydrogen) atoms. The van der Waals surface area contributed by atoms with Gasteiger partial charge in [0.05, 0.1) is 12.6 Å². The van der Waals surface area contributed by atoms with Crippen molar-refractivity contribution in [2.75, 3.05) is 24.7 Å². The van der Waals surface area contributed by atoms with Gasteiger partial charge in [0.1, 0.15) is 18.1 Å². The predicted molar refractivity (Wildman–Crippen MR) is 109 cm³/mol. The van der Waals surface area contributed by atoms with Gasteiger partial charge in [-0.05, 0) is 25.8 Å². The fraction of sp³-hybridized carbons (Fsp3) is 0.733. The second kappa shape index (κ2) is 14.5. The fourth-order valence-electron chi connectivity index (χ4n) is 2.04. The topological polar surface area (TPSA) is 197 Å². The monoisotopic (exact) mass is 439 g/mol. The number of rotatable bonds is 14. The molecule has 162 valence electrons. The molecule has 0 spiro atoms. The Bertz CT molecular complexity index is 539. The number of hydrogen-bond donors (Lipinski definition) is 9. The van der Waals surface area contributed by atoms with Gasteiger partial charge in [-0.15, -0.1) is 0 Å². The zero-order valence-electron chi connectivity index (χ0n) is 15.3. The molecule has 0 aliphatic rings. The van der Waals surface area contributed by atoms with E-state index in [9.17, 15) is 29.4 Å². The first-order valence-electron chi connectivity index (χ1n) is 8.63. The molecule has 0 aliphatic heterocycles. The summed E-state index contributed by atoms with van der Waals surface area (Å²) in [5, 5.41) is 25.5. The number of hydrogen-bond acceptors (Lipinski definition) is 9. The molecule has 0 heterocycles.